The van der Waals surface area contributed by atoms with Crippen LogP contribution in [-0.2, 0) is 0 Å². The molecule has 5 heteroatoms. The van der Waals surface area contributed by atoms with Crippen molar-refractivity contribution >= 4 is 187 Å². The maximum Gasteiger partial charge on any atom is 0.222 e. The third-order valence-corrected chi connectivity index (χ3v) is 23.1. The molecule has 101 heavy (non-hydrogen) atoms. The van der Waals surface area contributed by atoms with Gasteiger partial charge in [0.05, 0.1) is 11.0 Å². The van der Waals surface area contributed by atoms with Crippen LogP contribution in [0.15, 0.2) is 328 Å². The summed E-state index contributed by atoms with van der Waals surface area (Å²) in [6, 6.07) is 125. The minimum Gasteiger partial charge on any atom is -0.342 e. The molecule has 0 saturated heterocycles. The second-order valence-electron chi connectivity index (χ2n) is 28.1. The van der Waals surface area contributed by atoms with E-state index >= 15 is 0 Å². The fourth-order valence-electron chi connectivity index (χ4n) is 18.5. The number of benzene rings is 18. The van der Waals surface area contributed by atoms with Gasteiger partial charge in [0.15, 0.2) is 0 Å². The van der Waals surface area contributed by atoms with Gasteiger partial charge in [0.1, 0.15) is 0 Å². The van der Waals surface area contributed by atoms with Gasteiger partial charge in [-0.2, -0.15) is 0 Å². The van der Waals surface area contributed by atoms with Gasteiger partial charge < -0.3 is 18.9 Å². The van der Waals surface area contributed by atoms with Gasteiger partial charge >= 0.3 is 0 Å². The van der Waals surface area contributed by atoms with Gasteiger partial charge in [-0.1, -0.05) is 256 Å². The van der Waals surface area contributed by atoms with Gasteiger partial charge in [-0.05, 0) is 218 Å². The molecular weight excluding hydrogens is 1220 g/mol. The number of aromatic nitrogens is 2. The van der Waals surface area contributed by atoms with Crippen molar-refractivity contribution in [1.29, 1.82) is 0 Å². The van der Waals surface area contributed by atoms with Gasteiger partial charge in [0.25, 0.3) is 0 Å². The Hall–Kier alpha value is -12.4. The normalized spacial score (nSPS) is 13.2. The zero-order valence-corrected chi connectivity index (χ0v) is 56.4. The van der Waals surface area contributed by atoms with Crippen LogP contribution in [0.2, 0.25) is 5.82 Å². The third kappa shape index (κ3) is 8.44. The van der Waals surface area contributed by atoms with Crippen molar-refractivity contribution < 1.29 is 0 Å². The Labute approximate surface area is 585 Å². The third-order valence-electron chi connectivity index (χ3n) is 23.1. The summed E-state index contributed by atoms with van der Waals surface area (Å²) < 4.78 is 5.17. The molecule has 1 aliphatic rings. The summed E-state index contributed by atoms with van der Waals surface area (Å²) >= 11 is 0. The monoisotopic (exact) mass is 1290 g/mol. The Balaban J connectivity index is 0.908. The summed E-state index contributed by atoms with van der Waals surface area (Å²) in [4.78, 5) is 5.35. The summed E-state index contributed by atoms with van der Waals surface area (Å²) in [6.07, 6.45) is 0. The van der Waals surface area contributed by atoms with E-state index in [0.29, 0.717) is 6.54 Å². The number of fused-ring (bicyclic) bond motifs is 26. The van der Waals surface area contributed by atoms with Crippen molar-refractivity contribution in [2.75, 3.05) is 16.3 Å². The molecule has 2 atom stereocenters. The van der Waals surface area contributed by atoms with Crippen molar-refractivity contribution in [3.05, 3.63) is 328 Å². The molecule has 1 unspecified atom stereocenters. The predicted molar refractivity (Wildman–Crippen MR) is 436 cm³/mol. The Bertz CT molecular complexity index is 6700. The lowest BCUT2D eigenvalue weighted by atomic mass is 9.31. The highest BCUT2D eigenvalue weighted by Gasteiger charge is 2.43. The fraction of sp³-hybridized carbons (Fsp3) is 0.0625. The lowest BCUT2D eigenvalue weighted by molar-refractivity contribution is 0.557. The van der Waals surface area contributed by atoms with Crippen molar-refractivity contribution in [2.24, 2.45) is 0 Å². The van der Waals surface area contributed by atoms with Gasteiger partial charge in [-0.15, -0.1) is 0 Å². The second kappa shape index (κ2) is 22.3. The molecule has 20 aromatic rings. The zero-order chi connectivity index (χ0) is 66.7. The first-order valence-electron chi connectivity index (χ1n) is 35.8. The average Bonchev–Trinajstić information content (AvgIpc) is 0.881. The molecule has 474 valence electrons. The highest BCUT2D eigenvalue weighted by molar-refractivity contribution is 6.90. The van der Waals surface area contributed by atoms with Crippen LogP contribution >= 0.6 is 0 Å². The molecule has 0 amide bonds. The van der Waals surface area contributed by atoms with Crippen LogP contribution in [0.5, 0.6) is 0 Å². The average molecular weight is 1290 g/mol. The summed E-state index contributed by atoms with van der Waals surface area (Å²) in [5.74, 6) is 0.0235. The Kier molecular flexibility index (Phi) is 12.7. The Morgan fingerprint density at radius 3 is 1.13 bits per heavy atom. The van der Waals surface area contributed by atoms with Crippen LogP contribution in [0.4, 0.5) is 28.4 Å². The molecule has 0 radical (unpaired) electrons. The number of para-hydroxylation sites is 4. The van der Waals surface area contributed by atoms with E-state index in [4.69, 9.17) is 0 Å². The topological polar surface area (TPSA) is 16.3 Å². The van der Waals surface area contributed by atoms with E-state index in [-0.39, 0.29) is 18.6 Å². The van der Waals surface area contributed by atoms with Crippen molar-refractivity contribution in [3.63, 3.8) is 0 Å². The number of rotatable bonds is 9. The first-order chi connectivity index (χ1) is 49.9. The number of anilines is 5. The first kappa shape index (κ1) is 57.6. The lowest BCUT2D eigenvalue weighted by Gasteiger charge is -2.43. The lowest BCUT2D eigenvalue weighted by Crippen LogP contribution is -2.55. The second-order valence-corrected chi connectivity index (χ2v) is 28.1. The molecule has 21 rings (SSSR count). The molecule has 0 aliphatic carbocycles. The van der Waals surface area contributed by atoms with Crippen molar-refractivity contribution in [1.82, 2.24) is 9.13 Å². The Morgan fingerprint density at radius 1 is 0.297 bits per heavy atom. The van der Waals surface area contributed by atoms with Crippen LogP contribution in [0.3, 0.4) is 0 Å². The smallest absolute Gasteiger partial charge is 0.222 e. The molecular formula is C96H67BN4. The minimum atomic E-state index is -0.140. The van der Waals surface area contributed by atoms with Crippen molar-refractivity contribution in [3.8, 4) is 16.8 Å². The van der Waals surface area contributed by atoms with Crippen LogP contribution in [-0.4, -0.2) is 22.4 Å². The molecule has 0 spiro atoms. The molecule has 0 fully saturated rings. The van der Waals surface area contributed by atoms with E-state index in [1.807, 2.05) is 0 Å². The van der Waals surface area contributed by atoms with Gasteiger partial charge in [-0.3, -0.25) is 0 Å². The van der Waals surface area contributed by atoms with E-state index in [2.05, 4.69) is 367 Å². The molecule has 0 saturated carbocycles. The molecule has 18 aromatic carbocycles. The SMILES string of the molecule is CCN(c1ccc2c3ccccc3c3ccccc3c2c1)c1cc(-c2ccc3c4ccccc4c4ccccc4c3c2)cc2c1B(C(C)[C@@H](C)n1c3ccccc3c3ccccc31)c1ccc(-n3c4ccccc4c4ccccc43)cc1N2c1ccc2c3ccccc3c3ccccc3c2c1. The number of hydrogen-bond acceptors (Lipinski definition) is 2. The van der Waals surface area contributed by atoms with Crippen molar-refractivity contribution in [2.45, 2.75) is 32.6 Å². The van der Waals surface area contributed by atoms with E-state index < -0.39 is 0 Å². The highest BCUT2D eigenvalue weighted by atomic mass is 15.2. The molecule has 0 bridgehead atoms. The number of hydrogen-bond donors (Lipinski definition) is 0. The molecule has 2 aromatic heterocycles. The summed E-state index contributed by atoms with van der Waals surface area (Å²) in [6.45, 7) is 7.97. The summed E-state index contributed by atoms with van der Waals surface area (Å²) in [5.41, 5.74) is 16.7. The molecule has 3 heterocycles. The van der Waals surface area contributed by atoms with Gasteiger partial charge in [-0.25, -0.2) is 0 Å². The quantitative estimate of drug-likeness (QED) is 0.106. The van der Waals surface area contributed by atoms with E-state index in [0.717, 1.165) is 28.2 Å². The molecule has 4 nitrogen and oxygen atoms in total. The van der Waals surface area contributed by atoms with Crippen LogP contribution < -0.4 is 20.7 Å². The largest absolute Gasteiger partial charge is 0.342 e. The number of nitrogens with zero attached hydrogens (tertiary/aromatic N) is 4. The van der Waals surface area contributed by atoms with Crippen LogP contribution in [0, 0.1) is 0 Å². The summed E-state index contributed by atoms with van der Waals surface area (Å²) in [5, 5.41) is 27.6. The highest BCUT2D eigenvalue weighted by Crippen LogP contribution is 2.50. The zero-order valence-electron chi connectivity index (χ0n) is 56.4. The molecule has 1 aliphatic heterocycles. The predicted octanol–water partition coefficient (Wildman–Crippen LogP) is 25.1. The van der Waals surface area contributed by atoms with Crippen LogP contribution in [0.25, 0.3) is 157 Å². The van der Waals surface area contributed by atoms with E-state index in [1.54, 1.807) is 0 Å². The van der Waals surface area contributed by atoms with Gasteiger partial charge in [0, 0.05) is 79.3 Å². The maximum atomic E-state index is 2.69. The van der Waals surface area contributed by atoms with E-state index in [9.17, 15) is 0 Å². The Morgan fingerprint density at radius 2 is 0.663 bits per heavy atom. The van der Waals surface area contributed by atoms with Gasteiger partial charge in [0.2, 0.25) is 6.71 Å². The fourth-order valence-corrected chi connectivity index (χ4v) is 18.5. The summed E-state index contributed by atoms with van der Waals surface area (Å²) in [7, 11) is 0. The van der Waals surface area contributed by atoms with E-state index in [1.165, 1.54) is 169 Å². The minimum absolute atomic E-state index is 0.0147. The maximum absolute atomic E-state index is 2.69. The standard InChI is InChI=1S/C96H67BN4/c1-4-98(63-46-50-79-73-32-9-6-26-67(73)70-29-12-15-35-76(70)86(79)56-63)94-54-62(61-45-49-78-72-31-8-5-25-66(72)69-28-11-14-34-75(69)85(78)53-61)55-95-96(94)97(59(2)60(3)99-89-41-21-17-37-81(89)82-38-18-22-42-90(82)99)88-52-48-65(100-91-43-23-19-39-83(91)84-40-20-24-44-92(84)100)58-93(88)101(95)64-47-51-80-74-33-10-7-27-68(74)71-30-13-16-36-77(71)87(80)57-64/h5-60H,4H2,1-3H3/t59?,60-/m1/s1. The molecule has 0 N–H and O–H groups in total. The first-order valence-corrected chi connectivity index (χ1v) is 35.8. The van der Waals surface area contributed by atoms with Crippen LogP contribution in [0.1, 0.15) is 26.8 Å².